The normalized spacial score (nSPS) is 26.8. The fourth-order valence-corrected chi connectivity index (χ4v) is 7.63. The summed E-state index contributed by atoms with van der Waals surface area (Å²) in [5.74, 6) is -0.442. The third-order valence-corrected chi connectivity index (χ3v) is 9.08. The predicted octanol–water partition coefficient (Wildman–Crippen LogP) is 0.556. The maximum atomic E-state index is 12.1. The number of carbonyl (C=O) groups excluding carboxylic acids is 1. The molecule has 2 saturated heterocycles. The first kappa shape index (κ1) is 47.5. The SMILES string of the molecule is C.CC[C@H]1O[C@@H](n2ccc(=O)[nH]c2=O)C(=O)[C@@H]1C.CC[C@H]1O[C@@H](n2ccc(=O)[nH]c2=O)[C@](O)(C[Si](C)(C)C)[C@@H]1C.[CH2-][Si](C)(C)C.[Cl-].[Mg+2]. The van der Waals surface area contributed by atoms with Crippen LogP contribution < -0.4 is 34.9 Å². The number of halogens is 1. The molecule has 2 aromatic rings. The van der Waals surface area contributed by atoms with E-state index >= 15 is 0 Å². The van der Waals surface area contributed by atoms with Gasteiger partial charge in [-0.25, -0.2) is 9.59 Å². The van der Waals surface area contributed by atoms with Gasteiger partial charge in [-0.15, -0.1) is 8.07 Å². The number of aliphatic hydroxyl groups is 1. The maximum absolute atomic E-state index is 12.1. The Morgan fingerprint density at radius 1 is 0.851 bits per heavy atom. The number of aromatic nitrogens is 4. The summed E-state index contributed by atoms with van der Waals surface area (Å²) in [4.78, 5) is 62.1. The van der Waals surface area contributed by atoms with Gasteiger partial charge in [-0.1, -0.05) is 74.4 Å². The molecule has 0 aromatic carbocycles. The molecule has 0 radical (unpaired) electrons. The van der Waals surface area contributed by atoms with Gasteiger partial charge in [-0.3, -0.25) is 33.5 Å². The third kappa shape index (κ3) is 13.0. The number of ketones is 1. The molecular formula is C31H55ClMgN4O8Si2. The van der Waals surface area contributed by atoms with E-state index in [1.165, 1.54) is 29.1 Å². The standard InChI is InChI=1S/C15H26N2O4Si.C11H14N2O4.C4H11Si.CH4.ClH.Mg/c1-6-11-10(2)15(20,9-22(3,4)5)13(21-11)17-8-7-12(18)16-14(17)19;1-3-7-6(2)9(15)10(17-7)13-5-4-8(14)12-11(13)16;1-5(2,3)4;;;/h7-8,10-11,13,20H,6,9H2,1-5H3,(H,16,18,19);4-7,10H,3H2,1-2H3,(H,12,14,16);1H2,2-4H3;1H4;1H;/q;;-1;;;+2/p-1/t10-,11-,13-,15+;6-,7-,10-;;;;/m11..../s1. The quantitative estimate of drug-likeness (QED) is 0.287. The van der Waals surface area contributed by atoms with E-state index in [1.54, 1.807) is 6.92 Å². The van der Waals surface area contributed by atoms with Crippen LogP contribution in [0, 0.1) is 18.4 Å². The number of nitrogens with one attached hydrogen (secondary N) is 2. The summed E-state index contributed by atoms with van der Waals surface area (Å²) in [6.45, 7) is 24.8. The first-order valence-electron chi connectivity index (χ1n) is 15.2. The van der Waals surface area contributed by atoms with Gasteiger partial charge in [0.1, 0.15) is 5.60 Å². The Kier molecular flexibility index (Phi) is 19.2. The Hall–Kier alpha value is -1.60. The number of nitrogens with zero attached hydrogens (tertiary/aromatic N) is 2. The van der Waals surface area contributed by atoms with Gasteiger partial charge in [-0.2, -0.15) is 0 Å². The second kappa shape index (κ2) is 19.0. The van der Waals surface area contributed by atoms with Gasteiger partial charge in [0.05, 0.1) is 12.2 Å². The Bertz CT molecular complexity index is 1510. The number of rotatable bonds is 6. The maximum Gasteiger partial charge on any atom is 2.00 e. The van der Waals surface area contributed by atoms with Crippen molar-refractivity contribution in [2.75, 3.05) is 0 Å². The number of hydrogen-bond donors (Lipinski definition) is 3. The van der Waals surface area contributed by atoms with Gasteiger partial charge in [0, 0.05) is 44.4 Å². The Labute approximate surface area is 302 Å². The minimum Gasteiger partial charge on any atom is -1.00 e. The molecule has 0 amide bonds. The van der Waals surface area contributed by atoms with Gasteiger partial charge in [0.25, 0.3) is 11.1 Å². The molecule has 0 saturated carbocycles. The number of Topliss-reactive ketones (excluding diaryl/α,β-unsaturated/α-hetero) is 1. The third-order valence-electron chi connectivity index (χ3n) is 7.46. The Morgan fingerprint density at radius 2 is 1.28 bits per heavy atom. The van der Waals surface area contributed by atoms with Crippen molar-refractivity contribution in [3.63, 3.8) is 0 Å². The van der Waals surface area contributed by atoms with E-state index in [4.69, 9.17) is 9.47 Å². The molecule has 16 heteroatoms. The van der Waals surface area contributed by atoms with E-state index in [1.807, 2.05) is 20.8 Å². The van der Waals surface area contributed by atoms with E-state index in [9.17, 15) is 29.1 Å². The molecule has 12 nitrogen and oxygen atoms in total. The summed E-state index contributed by atoms with van der Waals surface area (Å²) in [5, 5.41) is 11.4. The molecule has 3 N–H and O–H groups in total. The van der Waals surface area contributed by atoms with Crippen LogP contribution in [-0.4, -0.2) is 87.0 Å². The summed E-state index contributed by atoms with van der Waals surface area (Å²) in [5.41, 5.74) is -3.21. The van der Waals surface area contributed by atoms with Gasteiger partial charge in [0.15, 0.2) is 18.2 Å². The number of ether oxygens (including phenoxy) is 2. The molecule has 0 spiro atoms. The topological polar surface area (TPSA) is 165 Å². The molecule has 4 heterocycles. The van der Waals surface area contributed by atoms with Crippen LogP contribution in [0.25, 0.3) is 0 Å². The number of hydrogen-bond acceptors (Lipinski definition) is 8. The molecule has 2 aliphatic heterocycles. The summed E-state index contributed by atoms with van der Waals surface area (Å²) in [6, 6.07) is 3.11. The summed E-state index contributed by atoms with van der Waals surface area (Å²) >= 11 is 0. The molecule has 4 rings (SSSR count). The number of aromatic amines is 2. The predicted molar refractivity (Wildman–Crippen MR) is 189 cm³/mol. The first-order valence-corrected chi connectivity index (χ1v) is 22.6. The Balaban J connectivity index is 0. The second-order valence-corrected chi connectivity index (χ2v) is 24.8. The molecule has 47 heavy (non-hydrogen) atoms. The van der Waals surface area contributed by atoms with E-state index in [2.05, 4.69) is 55.8 Å². The van der Waals surface area contributed by atoms with Crippen molar-refractivity contribution in [3.05, 3.63) is 72.7 Å². The van der Waals surface area contributed by atoms with Gasteiger partial charge in [-0.05, 0) is 18.9 Å². The van der Waals surface area contributed by atoms with Crippen LogP contribution >= 0.6 is 0 Å². The second-order valence-electron chi connectivity index (χ2n) is 14.2. The van der Waals surface area contributed by atoms with Crippen LogP contribution in [0.3, 0.4) is 0 Å². The molecule has 2 aromatic heterocycles. The van der Waals surface area contributed by atoms with Crippen molar-refractivity contribution in [2.24, 2.45) is 11.8 Å². The van der Waals surface area contributed by atoms with Crippen molar-refractivity contribution in [1.29, 1.82) is 0 Å². The molecule has 0 aliphatic carbocycles. The fraction of sp³-hybridized carbons (Fsp3) is 0.677. The summed E-state index contributed by atoms with van der Waals surface area (Å²) < 4.78 is 14.0. The van der Waals surface area contributed by atoms with Crippen LogP contribution in [0.1, 0.15) is 60.4 Å². The number of H-pyrrole nitrogens is 2. The van der Waals surface area contributed by atoms with E-state index in [0.717, 1.165) is 11.0 Å². The van der Waals surface area contributed by atoms with Crippen molar-refractivity contribution in [1.82, 2.24) is 19.1 Å². The molecule has 264 valence electrons. The molecule has 7 atom stereocenters. The van der Waals surface area contributed by atoms with Crippen LogP contribution in [0.15, 0.2) is 43.7 Å². The summed E-state index contributed by atoms with van der Waals surface area (Å²) in [7, 11) is -2.46. The van der Waals surface area contributed by atoms with Gasteiger partial charge < -0.3 is 33.5 Å². The largest absolute Gasteiger partial charge is 2.00 e. The van der Waals surface area contributed by atoms with Crippen LogP contribution in [0.2, 0.25) is 45.3 Å². The number of carbonyl (C=O) groups is 1. The average Bonchev–Trinajstić information content (AvgIpc) is 3.29. The zero-order valence-electron chi connectivity index (χ0n) is 28.9. The van der Waals surface area contributed by atoms with Crippen molar-refractivity contribution in [2.45, 2.75) is 124 Å². The minimum absolute atomic E-state index is 0. The molecular weight excluding hydrogens is 672 g/mol. The zero-order valence-corrected chi connectivity index (χ0v) is 33.1. The molecule has 2 aliphatic rings. The van der Waals surface area contributed by atoms with Gasteiger partial charge >= 0.3 is 34.4 Å². The van der Waals surface area contributed by atoms with Crippen LogP contribution in [0.5, 0.6) is 0 Å². The average molecular weight is 728 g/mol. The molecule has 2 fully saturated rings. The fourth-order valence-electron chi connectivity index (χ4n) is 5.44. The van der Waals surface area contributed by atoms with E-state index < -0.39 is 56.7 Å². The monoisotopic (exact) mass is 726 g/mol. The molecule has 0 bridgehead atoms. The smallest absolute Gasteiger partial charge is 1.00 e. The van der Waals surface area contributed by atoms with Gasteiger partial charge in [0.2, 0.25) is 0 Å². The summed E-state index contributed by atoms with van der Waals surface area (Å²) in [6.07, 6.45) is 2.21. The Morgan fingerprint density at radius 3 is 1.64 bits per heavy atom. The van der Waals surface area contributed by atoms with Crippen LogP contribution in [-0.2, 0) is 14.3 Å². The van der Waals surface area contributed by atoms with Crippen molar-refractivity contribution >= 4 is 45.0 Å². The van der Waals surface area contributed by atoms with E-state index in [0.29, 0.717) is 12.5 Å². The zero-order chi connectivity index (χ0) is 33.8. The van der Waals surface area contributed by atoms with Crippen molar-refractivity contribution < 1.29 is 31.8 Å². The van der Waals surface area contributed by atoms with E-state index in [-0.39, 0.29) is 72.7 Å². The first-order chi connectivity index (χ1) is 20.1. The minimum atomic E-state index is -1.60. The van der Waals surface area contributed by atoms with Crippen molar-refractivity contribution in [3.8, 4) is 0 Å². The van der Waals surface area contributed by atoms with Crippen LogP contribution in [0.4, 0.5) is 0 Å². The molecule has 0 unspecified atom stereocenters.